The molecule has 6 atom stereocenters. The molecule has 1 saturated heterocycles. The summed E-state index contributed by atoms with van der Waals surface area (Å²) in [7, 11) is -14.8. The quantitative estimate of drug-likeness (QED) is 0.250. The van der Waals surface area contributed by atoms with E-state index in [0.29, 0.717) is 11.3 Å². The SMILES string of the molecule is C[C@H]1[C@H](F)[C@H](n2cnc3c(N(C)C4CC4)nc(N)nc32)O[C@@H]1COP(=O)(O)OP(=O)(O)OP(=O)(O)O. The number of phosphoric ester groups is 1. The number of ether oxygens (including phenoxy) is 1. The molecular formula is C15H24FN6O11P3. The molecule has 2 fully saturated rings. The van der Waals surface area contributed by atoms with E-state index in [1.807, 2.05) is 11.9 Å². The Balaban J connectivity index is 1.49. The molecule has 0 aromatic carbocycles. The molecule has 2 unspecified atom stereocenters. The average Bonchev–Trinajstić information content (AvgIpc) is 3.43. The van der Waals surface area contributed by atoms with Gasteiger partial charge < -0.3 is 34.9 Å². The van der Waals surface area contributed by atoms with Crippen LogP contribution in [0.15, 0.2) is 6.33 Å². The summed E-state index contributed by atoms with van der Waals surface area (Å²) in [5.74, 6) is -0.491. The lowest BCUT2D eigenvalue weighted by atomic mass is 10.0. The Morgan fingerprint density at radius 2 is 1.86 bits per heavy atom. The summed E-state index contributed by atoms with van der Waals surface area (Å²) in [6, 6.07) is 0.281. The van der Waals surface area contributed by atoms with Gasteiger partial charge in [-0.2, -0.15) is 18.6 Å². The van der Waals surface area contributed by atoms with E-state index in [-0.39, 0.29) is 17.6 Å². The fourth-order valence-corrected chi connectivity index (χ4v) is 6.74. The summed E-state index contributed by atoms with van der Waals surface area (Å²) in [6.07, 6.45) is -0.839. The summed E-state index contributed by atoms with van der Waals surface area (Å²) in [4.78, 5) is 50.7. The average molecular weight is 576 g/mol. The molecule has 0 radical (unpaired) electrons. The summed E-state index contributed by atoms with van der Waals surface area (Å²) in [6.45, 7) is 0.644. The second-order valence-electron chi connectivity index (χ2n) is 8.33. The smallest absolute Gasteiger partial charge is 0.368 e. The molecule has 2 aromatic rings. The molecule has 0 spiro atoms. The minimum absolute atomic E-state index is 0.0580. The van der Waals surface area contributed by atoms with Crippen LogP contribution in [0, 0.1) is 5.92 Å². The van der Waals surface area contributed by atoms with E-state index in [4.69, 9.17) is 20.3 Å². The second-order valence-corrected chi connectivity index (χ2v) is 12.7. The van der Waals surface area contributed by atoms with Crippen molar-refractivity contribution in [1.29, 1.82) is 0 Å². The molecule has 17 nitrogen and oxygen atoms in total. The number of fused-ring (bicyclic) bond motifs is 1. The van der Waals surface area contributed by atoms with Gasteiger partial charge in [-0.05, 0) is 12.8 Å². The van der Waals surface area contributed by atoms with Gasteiger partial charge in [-0.3, -0.25) is 9.09 Å². The van der Waals surface area contributed by atoms with Gasteiger partial charge in [0.2, 0.25) is 5.95 Å². The summed E-state index contributed by atoms with van der Waals surface area (Å²) >= 11 is 0. The zero-order chi connectivity index (χ0) is 26.6. The van der Waals surface area contributed by atoms with Crippen molar-refractivity contribution in [3.8, 4) is 0 Å². The predicted molar refractivity (Wildman–Crippen MR) is 119 cm³/mol. The summed E-state index contributed by atoms with van der Waals surface area (Å²) < 4.78 is 68.3. The van der Waals surface area contributed by atoms with Crippen molar-refractivity contribution in [2.75, 3.05) is 24.3 Å². The normalized spacial score (nSPS) is 28.2. The number of hydrogen-bond acceptors (Lipinski definition) is 12. The number of halogens is 1. The topological polar surface area (TPSA) is 242 Å². The van der Waals surface area contributed by atoms with Gasteiger partial charge in [0.1, 0.15) is 0 Å². The van der Waals surface area contributed by atoms with Crippen molar-refractivity contribution >= 4 is 46.4 Å². The Hall–Kier alpha value is -1.55. The van der Waals surface area contributed by atoms with Crippen LogP contribution < -0.4 is 10.6 Å². The minimum Gasteiger partial charge on any atom is -0.368 e. The lowest BCUT2D eigenvalue weighted by Crippen LogP contribution is -2.23. The molecule has 1 aliphatic carbocycles. The van der Waals surface area contributed by atoms with Gasteiger partial charge >= 0.3 is 23.5 Å². The highest BCUT2D eigenvalue weighted by Crippen LogP contribution is 2.66. The Labute approximate surface area is 202 Å². The number of phosphoric acid groups is 3. The van der Waals surface area contributed by atoms with E-state index < -0.39 is 54.5 Å². The molecule has 202 valence electrons. The number of alkyl halides is 1. The van der Waals surface area contributed by atoms with Gasteiger partial charge in [-0.1, -0.05) is 6.92 Å². The molecular weight excluding hydrogens is 552 g/mol. The van der Waals surface area contributed by atoms with Crippen molar-refractivity contribution < 1.29 is 55.5 Å². The van der Waals surface area contributed by atoms with E-state index >= 15 is 4.39 Å². The number of aromatic nitrogens is 4. The first-order valence-corrected chi connectivity index (χ1v) is 14.9. The number of rotatable bonds is 10. The Morgan fingerprint density at radius 1 is 1.19 bits per heavy atom. The Kier molecular flexibility index (Phi) is 7.36. The molecule has 1 saturated carbocycles. The summed E-state index contributed by atoms with van der Waals surface area (Å²) in [5.41, 5.74) is 6.44. The highest BCUT2D eigenvalue weighted by atomic mass is 31.3. The standard InChI is InChI=1S/C15H24FN6O11P3/c1-7-9(5-30-35(26,27)33-36(28,29)32-34(23,24)25)31-14(10(7)16)22-6-18-11-12(21(2)8-3-4-8)19-15(17)20-13(11)22/h6-10,14H,3-5H2,1-2H3,(H,26,27)(H,28,29)(H2,17,19,20)(H2,23,24,25)/t7-,9-,10+,14-/m1/s1. The van der Waals surface area contributed by atoms with Crippen LogP contribution in [0.25, 0.3) is 11.2 Å². The Morgan fingerprint density at radius 3 is 2.47 bits per heavy atom. The first kappa shape index (κ1) is 27.5. The molecule has 36 heavy (non-hydrogen) atoms. The molecule has 2 aliphatic rings. The first-order valence-electron chi connectivity index (χ1n) is 10.4. The van der Waals surface area contributed by atoms with E-state index in [0.717, 1.165) is 12.8 Å². The van der Waals surface area contributed by atoms with Crippen LogP contribution in [0.1, 0.15) is 26.0 Å². The number of anilines is 2. The van der Waals surface area contributed by atoms with Crippen molar-refractivity contribution in [3.63, 3.8) is 0 Å². The van der Waals surface area contributed by atoms with Crippen LogP contribution in [0.5, 0.6) is 0 Å². The van der Waals surface area contributed by atoms with Gasteiger partial charge in [0.05, 0.1) is 19.0 Å². The zero-order valence-electron chi connectivity index (χ0n) is 18.8. The maximum absolute atomic E-state index is 15.2. The lowest BCUT2D eigenvalue weighted by molar-refractivity contribution is -0.0372. The van der Waals surface area contributed by atoms with Crippen molar-refractivity contribution in [2.45, 2.75) is 44.3 Å². The lowest BCUT2D eigenvalue weighted by Gasteiger charge is -2.20. The third kappa shape index (κ3) is 6.11. The number of nitrogen functional groups attached to an aromatic ring is 1. The van der Waals surface area contributed by atoms with Crippen molar-refractivity contribution in [3.05, 3.63) is 6.33 Å². The fraction of sp³-hybridized carbons (Fsp3) is 0.667. The van der Waals surface area contributed by atoms with Gasteiger partial charge in [-0.25, -0.2) is 23.1 Å². The van der Waals surface area contributed by atoms with Crippen LogP contribution in [-0.4, -0.2) is 71.1 Å². The van der Waals surface area contributed by atoms with Gasteiger partial charge in [0.25, 0.3) is 0 Å². The molecule has 1 aliphatic heterocycles. The molecule has 4 rings (SSSR count). The van der Waals surface area contributed by atoms with E-state index in [1.54, 1.807) is 0 Å². The van der Waals surface area contributed by atoms with Crippen molar-refractivity contribution in [2.24, 2.45) is 5.92 Å². The number of imidazole rings is 1. The summed E-state index contributed by atoms with van der Waals surface area (Å²) in [5, 5.41) is 0. The monoisotopic (exact) mass is 576 g/mol. The van der Waals surface area contributed by atoms with E-state index in [1.165, 1.54) is 17.8 Å². The minimum atomic E-state index is -5.68. The number of hydrogen-bond donors (Lipinski definition) is 5. The maximum atomic E-state index is 15.2. The highest BCUT2D eigenvalue weighted by Gasteiger charge is 2.46. The molecule has 0 amide bonds. The third-order valence-corrected chi connectivity index (χ3v) is 9.42. The largest absolute Gasteiger partial charge is 0.490 e. The van der Waals surface area contributed by atoms with E-state index in [2.05, 4.69) is 28.1 Å². The molecule has 2 aromatic heterocycles. The maximum Gasteiger partial charge on any atom is 0.490 e. The third-order valence-electron chi connectivity index (χ3n) is 5.62. The highest BCUT2D eigenvalue weighted by molar-refractivity contribution is 7.66. The van der Waals surface area contributed by atoms with Gasteiger partial charge in [-0.15, -0.1) is 0 Å². The van der Waals surface area contributed by atoms with Crippen LogP contribution in [0.4, 0.5) is 16.2 Å². The van der Waals surface area contributed by atoms with Gasteiger partial charge in [0, 0.05) is 19.0 Å². The molecule has 21 heteroatoms. The van der Waals surface area contributed by atoms with Crippen LogP contribution in [-0.2, 0) is 31.6 Å². The first-order chi connectivity index (χ1) is 16.6. The predicted octanol–water partition coefficient (Wildman–Crippen LogP) is 1.22. The van der Waals surface area contributed by atoms with E-state index in [9.17, 15) is 23.5 Å². The van der Waals surface area contributed by atoms with Crippen LogP contribution in [0.3, 0.4) is 0 Å². The molecule has 0 bridgehead atoms. The second kappa shape index (κ2) is 9.64. The Bertz CT molecular complexity index is 1290. The van der Waals surface area contributed by atoms with Crippen LogP contribution in [0.2, 0.25) is 0 Å². The fourth-order valence-electron chi connectivity index (χ4n) is 3.71. The van der Waals surface area contributed by atoms with Gasteiger partial charge in [0.15, 0.2) is 29.4 Å². The zero-order valence-corrected chi connectivity index (χ0v) is 21.4. The molecule has 6 N–H and O–H groups in total. The number of nitrogens with zero attached hydrogens (tertiary/aromatic N) is 5. The van der Waals surface area contributed by atoms with Crippen LogP contribution >= 0.6 is 23.5 Å². The van der Waals surface area contributed by atoms with Crippen molar-refractivity contribution in [1.82, 2.24) is 19.5 Å². The number of nitrogens with two attached hydrogens (primary N) is 1. The molecule has 3 heterocycles.